The molecule has 2 rings (SSSR count). The Morgan fingerprint density at radius 2 is 2.04 bits per heavy atom. The molecule has 1 unspecified atom stereocenters. The molecule has 6 nitrogen and oxygen atoms in total. The predicted octanol–water partition coefficient (Wildman–Crippen LogP) is 2.62. The van der Waals surface area contributed by atoms with Crippen molar-refractivity contribution in [3.05, 3.63) is 28.8 Å². The van der Waals surface area contributed by atoms with E-state index in [1.807, 2.05) is 6.92 Å². The normalized spacial score (nSPS) is 17.2. The van der Waals surface area contributed by atoms with E-state index < -0.39 is 28.6 Å². The monoisotopic (exact) mass is 405 g/mol. The maximum Gasteiger partial charge on any atom is 0.417 e. The van der Waals surface area contributed by atoms with Gasteiger partial charge in [0.25, 0.3) is 0 Å². The first-order valence-corrected chi connectivity index (χ1v) is 8.60. The molecule has 1 N–H and O–H groups in total. The Morgan fingerprint density at radius 3 is 2.59 bits per heavy atom. The van der Waals surface area contributed by atoms with E-state index in [0.717, 1.165) is 17.0 Å². The Balaban J connectivity index is 1.97. The lowest BCUT2D eigenvalue weighted by Crippen LogP contribution is -2.39. The van der Waals surface area contributed by atoms with Crippen LogP contribution in [0.1, 0.15) is 18.9 Å². The maximum absolute atomic E-state index is 12.9. The molecule has 1 aromatic rings. The van der Waals surface area contributed by atoms with Crippen molar-refractivity contribution < 1.29 is 27.6 Å². The van der Waals surface area contributed by atoms with E-state index in [0.29, 0.717) is 13.1 Å². The first kappa shape index (κ1) is 21.0. The van der Waals surface area contributed by atoms with Crippen molar-refractivity contribution in [2.45, 2.75) is 19.5 Å². The number of benzene rings is 1. The number of nitrogens with one attached hydrogen (secondary N) is 1. The summed E-state index contributed by atoms with van der Waals surface area (Å²) in [6.45, 7) is 2.26. The number of hydrogen-bond donors (Lipinski definition) is 1. The fourth-order valence-electron chi connectivity index (χ4n) is 2.87. The number of rotatable bonds is 5. The summed E-state index contributed by atoms with van der Waals surface area (Å²) in [4.78, 5) is 38.9. The molecule has 3 amide bonds. The van der Waals surface area contributed by atoms with E-state index in [-0.39, 0.29) is 30.5 Å². The number of anilines is 1. The number of hydrogen-bond acceptors (Lipinski definition) is 3. The number of likely N-dealkylation sites (N-methyl/N-ethyl adjacent to an activating group) is 1. The highest BCUT2D eigenvalue weighted by molar-refractivity contribution is 6.31. The Kier molecular flexibility index (Phi) is 6.35. The predicted molar refractivity (Wildman–Crippen MR) is 93.1 cm³/mol. The Labute approximate surface area is 159 Å². The summed E-state index contributed by atoms with van der Waals surface area (Å²) in [5.74, 6) is -1.66. The minimum Gasteiger partial charge on any atom is -0.342 e. The largest absolute Gasteiger partial charge is 0.417 e. The van der Waals surface area contributed by atoms with Crippen LogP contribution >= 0.6 is 11.6 Å². The summed E-state index contributed by atoms with van der Waals surface area (Å²) in [7, 11) is 1.41. The van der Waals surface area contributed by atoms with Crippen LogP contribution in [0.2, 0.25) is 5.02 Å². The van der Waals surface area contributed by atoms with Crippen LogP contribution in [0.15, 0.2) is 18.2 Å². The van der Waals surface area contributed by atoms with Crippen molar-refractivity contribution in [3.63, 3.8) is 0 Å². The topological polar surface area (TPSA) is 69.7 Å². The van der Waals surface area contributed by atoms with Gasteiger partial charge in [0, 0.05) is 32.2 Å². The molecule has 0 bridgehead atoms. The molecule has 1 aliphatic rings. The number of likely N-dealkylation sites (tertiary alicyclic amines) is 1. The molecule has 1 atom stereocenters. The van der Waals surface area contributed by atoms with Crippen molar-refractivity contribution in [2.75, 3.05) is 32.0 Å². The van der Waals surface area contributed by atoms with Gasteiger partial charge in [-0.05, 0) is 25.1 Å². The van der Waals surface area contributed by atoms with Crippen LogP contribution in [0.25, 0.3) is 0 Å². The van der Waals surface area contributed by atoms with Crippen LogP contribution in [0.5, 0.6) is 0 Å². The molecule has 10 heteroatoms. The molecule has 0 spiro atoms. The van der Waals surface area contributed by atoms with E-state index in [4.69, 9.17) is 11.6 Å². The fraction of sp³-hybridized carbons (Fsp3) is 0.471. The van der Waals surface area contributed by atoms with Crippen molar-refractivity contribution >= 4 is 35.0 Å². The third-order valence-electron chi connectivity index (χ3n) is 4.26. The number of nitrogens with zero attached hydrogens (tertiary/aromatic N) is 2. The molecule has 1 saturated heterocycles. The fourth-order valence-corrected chi connectivity index (χ4v) is 3.09. The lowest BCUT2D eigenvalue weighted by atomic mass is 10.1. The minimum absolute atomic E-state index is 0.0780. The van der Waals surface area contributed by atoms with Crippen LogP contribution in [-0.2, 0) is 20.6 Å². The van der Waals surface area contributed by atoms with Crippen LogP contribution in [0.4, 0.5) is 18.9 Å². The molecule has 1 heterocycles. The van der Waals surface area contributed by atoms with Crippen molar-refractivity contribution in [3.8, 4) is 0 Å². The van der Waals surface area contributed by atoms with Gasteiger partial charge in [-0.3, -0.25) is 14.4 Å². The SMILES string of the molecule is CCN1CC(C(=O)N(C)CC(=O)Nc2ccc(Cl)c(C(F)(F)F)c2)CC1=O. The number of amides is 3. The highest BCUT2D eigenvalue weighted by atomic mass is 35.5. The summed E-state index contributed by atoms with van der Waals surface area (Å²) < 4.78 is 38.6. The summed E-state index contributed by atoms with van der Waals surface area (Å²) >= 11 is 5.53. The second-order valence-electron chi connectivity index (χ2n) is 6.27. The van der Waals surface area contributed by atoms with Gasteiger partial charge in [-0.15, -0.1) is 0 Å². The number of carbonyl (C=O) groups is 3. The van der Waals surface area contributed by atoms with E-state index >= 15 is 0 Å². The molecule has 0 saturated carbocycles. The van der Waals surface area contributed by atoms with Crippen LogP contribution in [-0.4, -0.2) is 54.2 Å². The van der Waals surface area contributed by atoms with Crippen molar-refractivity contribution in [1.29, 1.82) is 0 Å². The van der Waals surface area contributed by atoms with Crippen molar-refractivity contribution in [2.24, 2.45) is 5.92 Å². The molecular weight excluding hydrogens is 387 g/mol. The molecular formula is C17H19ClF3N3O3. The summed E-state index contributed by atoms with van der Waals surface area (Å²) in [5, 5.41) is 1.84. The van der Waals surface area contributed by atoms with Gasteiger partial charge in [0.05, 0.1) is 23.0 Å². The number of halogens is 4. The zero-order valence-corrected chi connectivity index (χ0v) is 15.5. The first-order chi connectivity index (χ1) is 12.5. The van der Waals surface area contributed by atoms with E-state index in [9.17, 15) is 27.6 Å². The summed E-state index contributed by atoms with van der Waals surface area (Å²) in [6.07, 6.45) is -4.56. The molecule has 1 fully saturated rings. The van der Waals surface area contributed by atoms with Gasteiger partial charge >= 0.3 is 6.18 Å². The van der Waals surface area contributed by atoms with Crippen LogP contribution < -0.4 is 5.32 Å². The average Bonchev–Trinajstić information content (AvgIpc) is 2.95. The van der Waals surface area contributed by atoms with Crippen molar-refractivity contribution in [1.82, 2.24) is 9.80 Å². The third kappa shape index (κ3) is 5.12. The molecule has 1 aromatic carbocycles. The van der Waals surface area contributed by atoms with E-state index in [1.165, 1.54) is 13.1 Å². The van der Waals surface area contributed by atoms with Crippen LogP contribution in [0, 0.1) is 5.92 Å². The quantitative estimate of drug-likeness (QED) is 0.818. The molecule has 0 radical (unpaired) electrons. The Bertz CT molecular complexity index is 755. The Hall–Kier alpha value is -2.29. The Morgan fingerprint density at radius 1 is 1.37 bits per heavy atom. The molecule has 27 heavy (non-hydrogen) atoms. The van der Waals surface area contributed by atoms with Gasteiger partial charge < -0.3 is 15.1 Å². The summed E-state index contributed by atoms with van der Waals surface area (Å²) in [5.41, 5.74) is -1.14. The zero-order chi connectivity index (χ0) is 20.4. The lowest BCUT2D eigenvalue weighted by Gasteiger charge is -2.21. The van der Waals surface area contributed by atoms with Gasteiger partial charge in [-0.25, -0.2) is 0 Å². The number of carbonyl (C=O) groups excluding carboxylic acids is 3. The van der Waals surface area contributed by atoms with E-state index in [1.54, 1.807) is 4.90 Å². The highest BCUT2D eigenvalue weighted by Crippen LogP contribution is 2.36. The smallest absolute Gasteiger partial charge is 0.342 e. The van der Waals surface area contributed by atoms with Gasteiger partial charge in [0.1, 0.15) is 0 Å². The van der Waals surface area contributed by atoms with Gasteiger partial charge in [-0.2, -0.15) is 13.2 Å². The van der Waals surface area contributed by atoms with Crippen LogP contribution in [0.3, 0.4) is 0 Å². The molecule has 0 aromatic heterocycles. The lowest BCUT2D eigenvalue weighted by molar-refractivity contribution is -0.137. The standard InChI is InChI=1S/C17H19ClF3N3O3/c1-3-24-8-10(6-15(24)26)16(27)23(2)9-14(25)22-11-4-5-13(18)12(7-11)17(19,20)21/h4-5,7,10H,3,6,8-9H2,1-2H3,(H,22,25). The average molecular weight is 406 g/mol. The first-order valence-electron chi connectivity index (χ1n) is 8.22. The van der Waals surface area contributed by atoms with Gasteiger partial charge in [0.2, 0.25) is 17.7 Å². The minimum atomic E-state index is -4.65. The van der Waals surface area contributed by atoms with E-state index in [2.05, 4.69) is 5.32 Å². The summed E-state index contributed by atoms with van der Waals surface area (Å²) in [6, 6.07) is 3.02. The number of alkyl halides is 3. The highest BCUT2D eigenvalue weighted by Gasteiger charge is 2.35. The maximum atomic E-state index is 12.9. The van der Waals surface area contributed by atoms with Gasteiger partial charge in [-0.1, -0.05) is 11.6 Å². The molecule has 1 aliphatic heterocycles. The second-order valence-corrected chi connectivity index (χ2v) is 6.68. The molecule has 0 aliphatic carbocycles. The third-order valence-corrected chi connectivity index (χ3v) is 4.59. The van der Waals surface area contributed by atoms with Gasteiger partial charge in [0.15, 0.2) is 0 Å². The molecule has 148 valence electrons. The zero-order valence-electron chi connectivity index (χ0n) is 14.8. The second kappa shape index (κ2) is 8.16.